The monoisotopic (exact) mass is 714 g/mol. The Labute approximate surface area is 320 Å². The van der Waals surface area contributed by atoms with Crippen molar-refractivity contribution in [2.24, 2.45) is 0 Å². The molecule has 260 valence electrons. The molecular weight excluding hydrogens is 685 g/mol. The van der Waals surface area contributed by atoms with Crippen LogP contribution in [0.25, 0.3) is 116 Å². The van der Waals surface area contributed by atoms with Crippen LogP contribution in [-0.4, -0.2) is 19.5 Å². The van der Waals surface area contributed by atoms with Gasteiger partial charge in [-0.05, 0) is 63.3 Å². The van der Waals surface area contributed by atoms with E-state index in [1.165, 1.54) is 32.3 Å². The van der Waals surface area contributed by atoms with Crippen LogP contribution in [0.2, 0.25) is 0 Å². The zero-order chi connectivity index (χ0) is 36.7. The summed E-state index contributed by atoms with van der Waals surface area (Å²) in [6.07, 6.45) is 0. The summed E-state index contributed by atoms with van der Waals surface area (Å²) in [6, 6.07) is 64.0. The fourth-order valence-electron chi connectivity index (χ4n) is 8.51. The van der Waals surface area contributed by atoms with E-state index in [2.05, 4.69) is 144 Å². The van der Waals surface area contributed by atoms with Gasteiger partial charge >= 0.3 is 0 Å². The van der Waals surface area contributed by atoms with Crippen molar-refractivity contribution in [1.29, 1.82) is 0 Å². The van der Waals surface area contributed by atoms with Gasteiger partial charge in [0, 0.05) is 43.7 Å². The zero-order valence-electron chi connectivity index (χ0n) is 30.0. The van der Waals surface area contributed by atoms with Crippen LogP contribution in [0.5, 0.6) is 0 Å². The van der Waals surface area contributed by atoms with Gasteiger partial charge in [0.05, 0.1) is 16.6 Å². The molecule has 5 nitrogen and oxygen atoms in total. The van der Waals surface area contributed by atoms with E-state index in [0.717, 1.165) is 66.1 Å². The van der Waals surface area contributed by atoms with Gasteiger partial charge in [-0.1, -0.05) is 146 Å². The molecule has 0 radical (unpaired) electrons. The number of nitrogens with zero attached hydrogens (tertiary/aromatic N) is 4. The van der Waals surface area contributed by atoms with Gasteiger partial charge in [-0.3, -0.25) is 0 Å². The van der Waals surface area contributed by atoms with Crippen molar-refractivity contribution in [3.63, 3.8) is 0 Å². The Morgan fingerprint density at radius 2 is 1.00 bits per heavy atom. The van der Waals surface area contributed by atoms with E-state index in [1.807, 2.05) is 42.5 Å². The van der Waals surface area contributed by atoms with Crippen LogP contribution >= 0.6 is 0 Å². The van der Waals surface area contributed by atoms with Crippen LogP contribution < -0.4 is 0 Å². The number of rotatable bonds is 4. The van der Waals surface area contributed by atoms with Crippen molar-refractivity contribution in [2.45, 2.75) is 0 Å². The molecule has 12 aromatic rings. The number of hydrogen-bond donors (Lipinski definition) is 0. The maximum Gasteiger partial charge on any atom is 0.167 e. The molecule has 0 N–H and O–H groups in total. The van der Waals surface area contributed by atoms with Crippen LogP contribution in [0.15, 0.2) is 186 Å². The molecule has 0 fully saturated rings. The maximum absolute atomic E-state index is 6.75. The van der Waals surface area contributed by atoms with Gasteiger partial charge < -0.3 is 8.98 Å². The average Bonchev–Trinajstić information content (AvgIpc) is 3.80. The molecule has 0 aliphatic heterocycles. The first-order valence-electron chi connectivity index (χ1n) is 18.8. The molecule has 0 aliphatic rings. The standard InChI is InChI=1S/C51H30N4O/c1-2-14-33(15-3-1)49-52-50(37-23-22-31-12-4-5-16-34(31)26-37)54-51(53-49)44-30-38(29-43-40-20-10-11-21-46(40)56-48(43)44)55-45-28-36-18-7-6-17-35(36)27-42(45)41-25-24-32-13-8-9-19-39(32)47(41)55/h1-30H. The topological polar surface area (TPSA) is 56.7 Å². The molecule has 56 heavy (non-hydrogen) atoms. The fourth-order valence-corrected chi connectivity index (χ4v) is 8.51. The highest BCUT2D eigenvalue weighted by atomic mass is 16.3. The Hall–Kier alpha value is -7.63. The molecule has 0 spiro atoms. The van der Waals surface area contributed by atoms with E-state index >= 15 is 0 Å². The molecule has 0 aliphatic carbocycles. The van der Waals surface area contributed by atoms with Crippen molar-refractivity contribution in [3.05, 3.63) is 182 Å². The van der Waals surface area contributed by atoms with Gasteiger partial charge in [0.25, 0.3) is 0 Å². The lowest BCUT2D eigenvalue weighted by atomic mass is 10.0. The second-order valence-corrected chi connectivity index (χ2v) is 14.4. The van der Waals surface area contributed by atoms with Crippen LogP contribution in [0.3, 0.4) is 0 Å². The van der Waals surface area contributed by atoms with Crippen LogP contribution in [0, 0.1) is 0 Å². The van der Waals surface area contributed by atoms with Gasteiger partial charge in [0.15, 0.2) is 17.5 Å². The molecule has 12 rings (SSSR count). The van der Waals surface area contributed by atoms with Crippen molar-refractivity contribution in [2.75, 3.05) is 0 Å². The maximum atomic E-state index is 6.75. The first-order valence-corrected chi connectivity index (χ1v) is 18.8. The Morgan fingerprint density at radius 1 is 0.375 bits per heavy atom. The van der Waals surface area contributed by atoms with E-state index in [9.17, 15) is 0 Å². The van der Waals surface area contributed by atoms with Crippen molar-refractivity contribution >= 4 is 76.1 Å². The number of aromatic nitrogens is 4. The Bertz CT molecular complexity index is 3540. The normalized spacial score (nSPS) is 11.9. The second kappa shape index (κ2) is 11.9. The SMILES string of the molecule is c1ccc(-c2nc(-c3ccc4ccccc4c3)nc(-c3cc(-n4c5cc6ccccc6cc5c5ccc6ccccc6c54)cc4c3oc3ccccc34)n2)cc1. The summed E-state index contributed by atoms with van der Waals surface area (Å²) in [7, 11) is 0. The van der Waals surface area contributed by atoms with E-state index in [1.54, 1.807) is 0 Å². The summed E-state index contributed by atoms with van der Waals surface area (Å²) in [6.45, 7) is 0. The van der Waals surface area contributed by atoms with E-state index in [-0.39, 0.29) is 0 Å². The largest absolute Gasteiger partial charge is 0.455 e. The average molecular weight is 715 g/mol. The highest BCUT2D eigenvalue weighted by molar-refractivity contribution is 6.21. The van der Waals surface area contributed by atoms with E-state index in [0.29, 0.717) is 17.5 Å². The highest BCUT2D eigenvalue weighted by Crippen LogP contribution is 2.43. The zero-order valence-corrected chi connectivity index (χ0v) is 30.0. The third kappa shape index (κ3) is 4.71. The summed E-state index contributed by atoms with van der Waals surface area (Å²) in [5, 5.41) is 11.5. The third-order valence-corrected chi connectivity index (χ3v) is 11.2. The van der Waals surface area contributed by atoms with Gasteiger partial charge in [0.2, 0.25) is 0 Å². The van der Waals surface area contributed by atoms with Gasteiger partial charge in [0.1, 0.15) is 11.2 Å². The first kappa shape index (κ1) is 30.8. The van der Waals surface area contributed by atoms with Gasteiger partial charge in [-0.15, -0.1) is 0 Å². The second-order valence-electron chi connectivity index (χ2n) is 14.4. The molecule has 0 atom stereocenters. The molecule has 3 aromatic heterocycles. The lowest BCUT2D eigenvalue weighted by Crippen LogP contribution is -2.02. The van der Waals surface area contributed by atoms with E-state index < -0.39 is 0 Å². The quantitative estimate of drug-likeness (QED) is 0.182. The summed E-state index contributed by atoms with van der Waals surface area (Å²) >= 11 is 0. The molecular formula is C51H30N4O. The Morgan fingerprint density at radius 3 is 1.82 bits per heavy atom. The third-order valence-electron chi connectivity index (χ3n) is 11.2. The van der Waals surface area contributed by atoms with E-state index in [4.69, 9.17) is 19.4 Å². The predicted octanol–water partition coefficient (Wildman–Crippen LogP) is 13.3. The van der Waals surface area contributed by atoms with Crippen LogP contribution in [0.4, 0.5) is 0 Å². The summed E-state index contributed by atoms with van der Waals surface area (Å²) in [5.41, 5.74) is 7.46. The Balaban J connectivity index is 1.21. The van der Waals surface area contributed by atoms with Crippen molar-refractivity contribution in [3.8, 4) is 39.9 Å². The van der Waals surface area contributed by atoms with Crippen LogP contribution in [-0.2, 0) is 0 Å². The first-order chi connectivity index (χ1) is 27.7. The smallest absolute Gasteiger partial charge is 0.167 e. The molecule has 0 saturated carbocycles. The lowest BCUT2D eigenvalue weighted by Gasteiger charge is -2.14. The molecule has 0 unspecified atom stereocenters. The number of benzene rings is 9. The molecule has 0 saturated heterocycles. The minimum absolute atomic E-state index is 0.545. The Kier molecular flexibility index (Phi) is 6.56. The fraction of sp³-hybridized carbons (Fsp3) is 0. The summed E-state index contributed by atoms with van der Waals surface area (Å²) in [5.74, 6) is 1.75. The molecule has 0 bridgehead atoms. The molecule has 9 aromatic carbocycles. The van der Waals surface area contributed by atoms with Crippen molar-refractivity contribution in [1.82, 2.24) is 19.5 Å². The highest BCUT2D eigenvalue weighted by Gasteiger charge is 2.22. The van der Waals surface area contributed by atoms with Gasteiger partial charge in [-0.2, -0.15) is 0 Å². The number of fused-ring (bicyclic) bond motifs is 10. The predicted molar refractivity (Wildman–Crippen MR) is 230 cm³/mol. The lowest BCUT2D eigenvalue weighted by molar-refractivity contribution is 0.669. The number of hydrogen-bond acceptors (Lipinski definition) is 4. The minimum atomic E-state index is 0.545. The van der Waals surface area contributed by atoms with Crippen molar-refractivity contribution < 1.29 is 4.42 Å². The number of para-hydroxylation sites is 1. The minimum Gasteiger partial charge on any atom is -0.455 e. The molecule has 0 amide bonds. The summed E-state index contributed by atoms with van der Waals surface area (Å²) in [4.78, 5) is 15.6. The van der Waals surface area contributed by atoms with Gasteiger partial charge in [-0.25, -0.2) is 15.0 Å². The van der Waals surface area contributed by atoms with Crippen LogP contribution in [0.1, 0.15) is 0 Å². The molecule has 5 heteroatoms. The molecule has 3 heterocycles. The number of furan rings is 1. The summed E-state index contributed by atoms with van der Waals surface area (Å²) < 4.78 is 9.18.